The number of carbonyl (C=O) groups excluding carboxylic acids is 1. The lowest BCUT2D eigenvalue weighted by Crippen LogP contribution is -2.50. The first kappa shape index (κ1) is 19.4. The van der Waals surface area contributed by atoms with Crippen LogP contribution in [0.3, 0.4) is 0 Å². The van der Waals surface area contributed by atoms with E-state index in [1.165, 1.54) is 5.69 Å². The van der Waals surface area contributed by atoms with Crippen LogP contribution in [0.5, 0.6) is 5.75 Å². The van der Waals surface area contributed by atoms with Crippen molar-refractivity contribution in [1.82, 2.24) is 4.90 Å². The highest BCUT2D eigenvalue weighted by atomic mass is 16.5. The molecule has 1 aliphatic rings. The number of ketones is 1. The highest BCUT2D eigenvalue weighted by molar-refractivity contribution is 5.98. The van der Waals surface area contributed by atoms with Crippen molar-refractivity contribution in [1.29, 1.82) is 0 Å². The van der Waals surface area contributed by atoms with Crippen molar-refractivity contribution in [2.45, 2.75) is 26.0 Å². The van der Waals surface area contributed by atoms with Crippen LogP contribution in [0.2, 0.25) is 0 Å². The van der Waals surface area contributed by atoms with Gasteiger partial charge in [-0.25, -0.2) is 0 Å². The number of anilines is 1. The number of piperazine rings is 1. The summed E-state index contributed by atoms with van der Waals surface area (Å²) < 4.78 is 5.79. The van der Waals surface area contributed by atoms with Crippen molar-refractivity contribution in [3.63, 3.8) is 0 Å². The van der Waals surface area contributed by atoms with Crippen molar-refractivity contribution in [2.75, 3.05) is 37.7 Å². The van der Waals surface area contributed by atoms with Crippen LogP contribution in [0.15, 0.2) is 54.6 Å². The maximum Gasteiger partial charge on any atom is 0.166 e. The molecule has 0 aliphatic carbocycles. The Kier molecular flexibility index (Phi) is 6.85. The van der Waals surface area contributed by atoms with Crippen molar-refractivity contribution in [3.8, 4) is 5.75 Å². The van der Waals surface area contributed by atoms with Gasteiger partial charge in [0.05, 0.1) is 12.2 Å². The van der Waals surface area contributed by atoms with Crippen molar-refractivity contribution >= 4 is 11.5 Å². The van der Waals surface area contributed by atoms with E-state index in [1.54, 1.807) is 6.07 Å². The number of nitrogens with zero attached hydrogens (tertiary/aromatic N) is 2. The fourth-order valence-electron chi connectivity index (χ4n) is 3.39. The Morgan fingerprint density at radius 3 is 2.41 bits per heavy atom. The maximum atomic E-state index is 12.0. The van der Waals surface area contributed by atoms with Crippen LogP contribution in [0.25, 0.3) is 0 Å². The second-order valence-corrected chi connectivity index (χ2v) is 6.75. The Morgan fingerprint density at radius 2 is 1.70 bits per heavy atom. The highest BCUT2D eigenvalue weighted by Gasteiger charge is 2.22. The second kappa shape index (κ2) is 9.53. The molecule has 2 aromatic rings. The molecule has 1 saturated heterocycles. The van der Waals surface area contributed by atoms with Gasteiger partial charge in [0, 0.05) is 44.7 Å². The molecule has 5 nitrogen and oxygen atoms in total. The molecule has 0 bridgehead atoms. The summed E-state index contributed by atoms with van der Waals surface area (Å²) in [4.78, 5) is 16.4. The van der Waals surface area contributed by atoms with Gasteiger partial charge in [-0.3, -0.25) is 9.69 Å². The molecule has 1 fully saturated rings. The standard InChI is InChI=1S/C22H28N2O3/c1-2-20(25)19-10-6-7-11-21(19)27-17-12-22(26)24-15-13-23(14-16-24)18-8-4-3-5-9-18/h3-11,22,26H,2,12-17H2,1H3. The molecule has 144 valence electrons. The van der Waals surface area contributed by atoms with E-state index in [4.69, 9.17) is 4.74 Å². The molecular weight excluding hydrogens is 340 g/mol. The lowest BCUT2D eigenvalue weighted by atomic mass is 10.1. The fourth-order valence-corrected chi connectivity index (χ4v) is 3.39. The van der Waals surface area contributed by atoms with Crippen molar-refractivity contribution in [2.24, 2.45) is 0 Å². The SMILES string of the molecule is CCC(=O)c1ccccc1OCCC(O)N1CCN(c2ccccc2)CC1. The van der Waals surface area contributed by atoms with Gasteiger partial charge in [-0.2, -0.15) is 0 Å². The number of carbonyl (C=O) groups is 1. The molecule has 1 N–H and O–H groups in total. The van der Waals surface area contributed by atoms with Crippen LogP contribution in [0, 0.1) is 0 Å². The summed E-state index contributed by atoms with van der Waals surface area (Å²) in [5, 5.41) is 10.5. The van der Waals surface area contributed by atoms with E-state index in [9.17, 15) is 9.90 Å². The zero-order valence-electron chi connectivity index (χ0n) is 15.9. The molecule has 3 rings (SSSR count). The number of aliphatic hydroxyl groups excluding tert-OH is 1. The topological polar surface area (TPSA) is 53.0 Å². The molecule has 1 unspecified atom stereocenters. The molecule has 0 spiro atoms. The molecule has 1 atom stereocenters. The summed E-state index contributed by atoms with van der Waals surface area (Å²) in [5.41, 5.74) is 1.85. The van der Waals surface area contributed by atoms with Crippen LogP contribution < -0.4 is 9.64 Å². The fraction of sp³-hybridized carbons (Fsp3) is 0.409. The lowest BCUT2D eigenvalue weighted by molar-refractivity contribution is -0.0134. The molecule has 0 amide bonds. The van der Waals surface area contributed by atoms with Crippen LogP contribution in [-0.4, -0.2) is 54.8 Å². The first-order valence-electron chi connectivity index (χ1n) is 9.66. The first-order valence-corrected chi connectivity index (χ1v) is 9.66. The van der Waals surface area contributed by atoms with E-state index in [-0.39, 0.29) is 5.78 Å². The lowest BCUT2D eigenvalue weighted by Gasteiger charge is -2.38. The zero-order chi connectivity index (χ0) is 19.1. The third-order valence-corrected chi connectivity index (χ3v) is 5.00. The number of benzene rings is 2. The van der Waals surface area contributed by atoms with Gasteiger partial charge in [-0.15, -0.1) is 0 Å². The summed E-state index contributed by atoms with van der Waals surface area (Å²) in [5.74, 6) is 0.675. The van der Waals surface area contributed by atoms with E-state index in [1.807, 2.05) is 31.2 Å². The van der Waals surface area contributed by atoms with Gasteiger partial charge in [0.25, 0.3) is 0 Å². The number of Topliss-reactive ketones (excluding diaryl/α,β-unsaturated/α-hetero) is 1. The van der Waals surface area contributed by atoms with Gasteiger partial charge < -0.3 is 14.7 Å². The first-order chi connectivity index (χ1) is 13.2. The molecule has 0 aromatic heterocycles. The molecule has 2 aromatic carbocycles. The maximum absolute atomic E-state index is 12.0. The van der Waals surface area contributed by atoms with Crippen LogP contribution in [0.4, 0.5) is 5.69 Å². The third kappa shape index (κ3) is 5.08. The Hall–Kier alpha value is -2.37. The number of hydrogen-bond acceptors (Lipinski definition) is 5. The monoisotopic (exact) mass is 368 g/mol. The third-order valence-electron chi connectivity index (χ3n) is 5.00. The summed E-state index contributed by atoms with van der Waals surface area (Å²) in [6, 6.07) is 17.7. The van der Waals surface area contributed by atoms with Gasteiger partial charge in [0.15, 0.2) is 5.78 Å². The number of para-hydroxylation sites is 2. The average molecular weight is 368 g/mol. The summed E-state index contributed by atoms with van der Waals surface area (Å²) >= 11 is 0. The number of ether oxygens (including phenoxy) is 1. The predicted molar refractivity (Wildman–Crippen MR) is 107 cm³/mol. The Morgan fingerprint density at radius 1 is 1.04 bits per heavy atom. The number of rotatable bonds is 8. The van der Waals surface area contributed by atoms with E-state index in [0.717, 1.165) is 26.2 Å². The minimum Gasteiger partial charge on any atom is -0.493 e. The summed E-state index contributed by atoms with van der Waals surface area (Å²) in [7, 11) is 0. The normalized spacial score (nSPS) is 16.1. The Bertz CT molecular complexity index is 727. The number of aliphatic hydroxyl groups is 1. The molecule has 0 saturated carbocycles. The minimum absolute atomic E-state index is 0.0724. The van der Waals surface area contributed by atoms with Crippen LogP contribution >= 0.6 is 0 Å². The van der Waals surface area contributed by atoms with Crippen molar-refractivity contribution < 1.29 is 14.6 Å². The number of hydrogen-bond donors (Lipinski definition) is 1. The van der Waals surface area contributed by atoms with Gasteiger partial charge in [-0.1, -0.05) is 37.3 Å². The Balaban J connectivity index is 1.46. The quantitative estimate of drug-likeness (QED) is 0.725. The highest BCUT2D eigenvalue weighted by Crippen LogP contribution is 2.21. The van der Waals surface area contributed by atoms with Crippen molar-refractivity contribution in [3.05, 3.63) is 60.2 Å². The van der Waals surface area contributed by atoms with Gasteiger partial charge in [-0.05, 0) is 24.3 Å². The van der Waals surface area contributed by atoms with E-state index < -0.39 is 6.23 Å². The van der Waals surface area contributed by atoms with E-state index >= 15 is 0 Å². The van der Waals surface area contributed by atoms with E-state index in [2.05, 4.69) is 34.1 Å². The smallest absolute Gasteiger partial charge is 0.166 e. The molecule has 27 heavy (non-hydrogen) atoms. The largest absolute Gasteiger partial charge is 0.493 e. The van der Waals surface area contributed by atoms with E-state index in [0.29, 0.717) is 30.8 Å². The summed E-state index contributed by atoms with van der Waals surface area (Å²) in [6.45, 7) is 5.67. The molecule has 1 heterocycles. The second-order valence-electron chi connectivity index (χ2n) is 6.75. The molecular formula is C22H28N2O3. The zero-order valence-corrected chi connectivity index (χ0v) is 15.9. The summed E-state index contributed by atoms with van der Waals surface area (Å²) in [6.07, 6.45) is 0.436. The van der Waals surface area contributed by atoms with Crippen LogP contribution in [0.1, 0.15) is 30.1 Å². The molecule has 0 radical (unpaired) electrons. The molecule has 1 aliphatic heterocycles. The van der Waals surface area contributed by atoms with Gasteiger partial charge >= 0.3 is 0 Å². The van der Waals surface area contributed by atoms with Gasteiger partial charge in [0.1, 0.15) is 12.0 Å². The predicted octanol–water partition coefficient (Wildman–Crippen LogP) is 3.19. The average Bonchev–Trinajstić information content (AvgIpc) is 2.74. The molecule has 5 heteroatoms. The van der Waals surface area contributed by atoms with Gasteiger partial charge in [0.2, 0.25) is 0 Å². The minimum atomic E-state index is -0.531. The van der Waals surface area contributed by atoms with Crippen LogP contribution in [-0.2, 0) is 0 Å². The Labute approximate surface area is 161 Å².